The minimum absolute atomic E-state index is 0.220. The van der Waals surface area contributed by atoms with Crippen molar-refractivity contribution in [2.45, 2.75) is 33.4 Å². The molecule has 1 rings (SSSR count). The van der Waals surface area contributed by atoms with Gasteiger partial charge in [-0.3, -0.25) is 0 Å². The molecule has 0 fully saturated rings. The molecule has 0 saturated carbocycles. The van der Waals surface area contributed by atoms with Crippen LogP contribution < -0.4 is 5.32 Å². The molecule has 3 heteroatoms. The van der Waals surface area contributed by atoms with Crippen LogP contribution in [0.3, 0.4) is 0 Å². The van der Waals surface area contributed by atoms with Crippen molar-refractivity contribution in [1.29, 1.82) is 0 Å². The lowest BCUT2D eigenvalue weighted by Crippen LogP contribution is -2.26. The first-order valence-corrected chi connectivity index (χ1v) is 6.11. The van der Waals surface area contributed by atoms with Gasteiger partial charge in [0.15, 0.2) is 0 Å². The minimum atomic E-state index is 0.220. The number of ether oxygens (including phenoxy) is 1. The largest absolute Gasteiger partial charge is 0.373 e. The van der Waals surface area contributed by atoms with Crippen LogP contribution in [0.25, 0.3) is 0 Å². The number of nitrogens with zero attached hydrogens (tertiary/aromatic N) is 1. The molecule has 0 aliphatic heterocycles. The van der Waals surface area contributed by atoms with Crippen LogP contribution in [0.5, 0.6) is 0 Å². The Kier molecular flexibility index (Phi) is 5.45. The van der Waals surface area contributed by atoms with Crippen molar-refractivity contribution in [3.63, 3.8) is 0 Å². The fraction of sp³-hybridized carbons (Fsp3) is 0.571. The van der Waals surface area contributed by atoms with Gasteiger partial charge in [-0.2, -0.15) is 0 Å². The summed E-state index contributed by atoms with van der Waals surface area (Å²) in [5, 5.41) is 3.42. The lowest BCUT2D eigenvalue weighted by Gasteiger charge is -2.12. The Hall–Kier alpha value is -1.06. The van der Waals surface area contributed by atoms with Crippen LogP contribution in [0.15, 0.2) is 18.7 Å². The van der Waals surface area contributed by atoms with Crippen LogP contribution >= 0.6 is 0 Å². The van der Waals surface area contributed by atoms with E-state index in [-0.39, 0.29) is 6.10 Å². The molecule has 1 aromatic heterocycles. The highest BCUT2D eigenvalue weighted by Crippen LogP contribution is 2.12. The molecular weight excluding hydrogens is 212 g/mol. The molecule has 0 aromatic carbocycles. The Morgan fingerprint density at radius 3 is 2.76 bits per heavy atom. The van der Waals surface area contributed by atoms with Gasteiger partial charge in [0.05, 0.1) is 12.7 Å². The molecule has 1 heterocycles. The van der Waals surface area contributed by atoms with Crippen molar-refractivity contribution in [1.82, 2.24) is 9.88 Å². The van der Waals surface area contributed by atoms with Gasteiger partial charge in [0.2, 0.25) is 0 Å². The fourth-order valence-electron chi connectivity index (χ4n) is 1.81. The quantitative estimate of drug-likeness (QED) is 0.735. The van der Waals surface area contributed by atoms with Gasteiger partial charge >= 0.3 is 0 Å². The van der Waals surface area contributed by atoms with Gasteiger partial charge < -0.3 is 14.6 Å². The molecule has 1 unspecified atom stereocenters. The first-order valence-electron chi connectivity index (χ1n) is 6.11. The number of hydrogen-bond acceptors (Lipinski definition) is 2. The van der Waals surface area contributed by atoms with Crippen molar-refractivity contribution in [2.75, 3.05) is 13.2 Å². The third-order valence-corrected chi connectivity index (χ3v) is 3.13. The maximum atomic E-state index is 5.50. The summed E-state index contributed by atoms with van der Waals surface area (Å²) in [5.41, 5.74) is 3.99. The normalized spacial score (nSPS) is 12.7. The molecule has 0 radical (unpaired) electrons. The van der Waals surface area contributed by atoms with Gasteiger partial charge in [-0.25, -0.2) is 0 Å². The maximum Gasteiger partial charge on any atom is 0.0675 e. The van der Waals surface area contributed by atoms with Crippen LogP contribution in [0.1, 0.15) is 23.9 Å². The number of hydrogen-bond donors (Lipinski definition) is 1. The molecule has 1 N–H and O–H groups in total. The molecule has 1 aromatic rings. The lowest BCUT2D eigenvalue weighted by atomic mass is 10.2. The molecule has 0 spiro atoms. The first-order chi connectivity index (χ1) is 8.06. The van der Waals surface area contributed by atoms with Crippen molar-refractivity contribution in [3.8, 4) is 0 Å². The average Bonchev–Trinajstić information content (AvgIpc) is 2.54. The first kappa shape index (κ1) is 14.0. The predicted octanol–water partition coefficient (Wildman–Crippen LogP) is 2.32. The highest BCUT2D eigenvalue weighted by Gasteiger charge is 2.06. The zero-order chi connectivity index (χ0) is 12.8. The second-order valence-corrected chi connectivity index (χ2v) is 4.52. The third kappa shape index (κ3) is 4.02. The summed E-state index contributed by atoms with van der Waals surface area (Å²) in [6.45, 7) is 12.4. The van der Waals surface area contributed by atoms with Crippen molar-refractivity contribution in [2.24, 2.45) is 7.05 Å². The topological polar surface area (TPSA) is 26.2 Å². The standard InChI is InChI=1S/C14H24N2O/c1-6-7-17-12(3)9-15-10-14-8-11(2)16(5)13(14)4/h6,8,12,15H,1,7,9-10H2,2-5H3. The van der Waals surface area contributed by atoms with E-state index in [1.54, 1.807) is 6.08 Å². The van der Waals surface area contributed by atoms with Crippen LogP contribution in [-0.2, 0) is 18.3 Å². The molecule has 0 aliphatic rings. The summed E-state index contributed by atoms with van der Waals surface area (Å²) >= 11 is 0. The monoisotopic (exact) mass is 236 g/mol. The van der Waals surface area contributed by atoms with Gasteiger partial charge in [-0.05, 0) is 32.4 Å². The second kappa shape index (κ2) is 6.62. The Labute approximate surface area is 104 Å². The molecule has 17 heavy (non-hydrogen) atoms. The highest BCUT2D eigenvalue weighted by atomic mass is 16.5. The van der Waals surface area contributed by atoms with Crippen molar-refractivity contribution < 1.29 is 4.74 Å². The lowest BCUT2D eigenvalue weighted by molar-refractivity contribution is 0.0877. The average molecular weight is 236 g/mol. The van der Waals surface area contributed by atoms with E-state index in [0.717, 1.165) is 13.1 Å². The summed E-state index contributed by atoms with van der Waals surface area (Å²) in [6, 6.07) is 2.23. The Balaban J connectivity index is 2.35. The van der Waals surface area contributed by atoms with E-state index >= 15 is 0 Å². The molecule has 1 atom stereocenters. The molecule has 3 nitrogen and oxygen atoms in total. The van der Waals surface area contributed by atoms with E-state index in [1.165, 1.54) is 17.0 Å². The van der Waals surface area contributed by atoms with Gasteiger partial charge in [-0.1, -0.05) is 6.08 Å². The summed E-state index contributed by atoms with van der Waals surface area (Å²) in [7, 11) is 2.10. The van der Waals surface area contributed by atoms with Gasteiger partial charge in [0.25, 0.3) is 0 Å². The summed E-state index contributed by atoms with van der Waals surface area (Å²) in [4.78, 5) is 0. The SMILES string of the molecule is C=CCOC(C)CNCc1cc(C)n(C)c1C. The smallest absolute Gasteiger partial charge is 0.0675 e. The van der Waals surface area contributed by atoms with Crippen LogP contribution in [0.4, 0.5) is 0 Å². The van der Waals surface area contributed by atoms with Crippen LogP contribution in [0, 0.1) is 13.8 Å². The van der Waals surface area contributed by atoms with Crippen LogP contribution in [0.2, 0.25) is 0 Å². The minimum Gasteiger partial charge on any atom is -0.373 e. The van der Waals surface area contributed by atoms with Crippen molar-refractivity contribution >= 4 is 0 Å². The van der Waals surface area contributed by atoms with Crippen LogP contribution in [-0.4, -0.2) is 23.8 Å². The molecule has 0 amide bonds. The van der Waals surface area contributed by atoms with Gasteiger partial charge in [0.1, 0.15) is 0 Å². The molecule has 96 valence electrons. The Morgan fingerprint density at radius 2 is 2.24 bits per heavy atom. The molecular formula is C14H24N2O. The van der Waals surface area contributed by atoms with E-state index in [9.17, 15) is 0 Å². The van der Waals surface area contributed by atoms with Gasteiger partial charge in [0, 0.05) is 31.5 Å². The maximum absolute atomic E-state index is 5.50. The molecule has 0 saturated heterocycles. The van der Waals surface area contributed by atoms with E-state index in [0.29, 0.717) is 6.61 Å². The Bertz CT molecular complexity index is 369. The number of nitrogens with one attached hydrogen (secondary N) is 1. The van der Waals surface area contributed by atoms with E-state index in [1.807, 2.05) is 0 Å². The summed E-state index contributed by atoms with van der Waals surface area (Å²) in [5.74, 6) is 0. The Morgan fingerprint density at radius 1 is 1.53 bits per heavy atom. The fourth-order valence-corrected chi connectivity index (χ4v) is 1.81. The van der Waals surface area contributed by atoms with Gasteiger partial charge in [-0.15, -0.1) is 6.58 Å². The predicted molar refractivity (Wildman–Crippen MR) is 72.2 cm³/mol. The zero-order valence-electron chi connectivity index (χ0n) is 11.4. The summed E-state index contributed by atoms with van der Waals surface area (Å²) in [6.07, 6.45) is 2.00. The second-order valence-electron chi connectivity index (χ2n) is 4.52. The zero-order valence-corrected chi connectivity index (χ0v) is 11.4. The van der Waals surface area contributed by atoms with E-state index in [4.69, 9.17) is 4.74 Å². The molecule has 0 bridgehead atoms. The van der Waals surface area contributed by atoms with E-state index in [2.05, 4.69) is 50.3 Å². The summed E-state index contributed by atoms with van der Waals surface area (Å²) < 4.78 is 7.72. The third-order valence-electron chi connectivity index (χ3n) is 3.13. The number of aromatic nitrogens is 1. The number of aryl methyl sites for hydroxylation is 1. The van der Waals surface area contributed by atoms with Crippen molar-refractivity contribution in [3.05, 3.63) is 35.7 Å². The number of rotatable bonds is 7. The highest BCUT2D eigenvalue weighted by molar-refractivity contribution is 5.26. The molecule has 0 aliphatic carbocycles. The van der Waals surface area contributed by atoms with E-state index < -0.39 is 0 Å².